The van der Waals surface area contributed by atoms with Crippen LogP contribution in [-0.2, 0) is 11.3 Å². The predicted octanol–water partition coefficient (Wildman–Crippen LogP) is 3.96. The van der Waals surface area contributed by atoms with E-state index in [1.807, 2.05) is 32.2 Å². The van der Waals surface area contributed by atoms with E-state index in [1.165, 1.54) is 18.4 Å². The normalized spacial score (nSPS) is 23.3. The molecule has 3 nitrogen and oxygen atoms in total. The van der Waals surface area contributed by atoms with Crippen LogP contribution >= 0.6 is 15.9 Å². The molecule has 1 unspecified atom stereocenters. The third-order valence-corrected chi connectivity index (χ3v) is 5.55. The van der Waals surface area contributed by atoms with Crippen LogP contribution in [0.4, 0.5) is 0 Å². The Morgan fingerprint density at radius 3 is 2.59 bits per heavy atom. The van der Waals surface area contributed by atoms with Crippen molar-refractivity contribution in [2.45, 2.75) is 58.2 Å². The molecule has 1 N–H and O–H groups in total. The molecular weight excluding hydrogens is 340 g/mol. The summed E-state index contributed by atoms with van der Waals surface area (Å²) in [6, 6.07) is 8.41. The van der Waals surface area contributed by atoms with Gasteiger partial charge >= 0.3 is 0 Å². The van der Waals surface area contributed by atoms with Gasteiger partial charge in [0.2, 0.25) is 5.91 Å². The van der Waals surface area contributed by atoms with Crippen molar-refractivity contribution in [2.24, 2.45) is 5.92 Å². The van der Waals surface area contributed by atoms with Crippen molar-refractivity contribution < 1.29 is 4.79 Å². The summed E-state index contributed by atoms with van der Waals surface area (Å²) in [7, 11) is 2.01. The average molecular weight is 367 g/mol. The van der Waals surface area contributed by atoms with E-state index in [0.29, 0.717) is 6.04 Å². The number of amides is 1. The Morgan fingerprint density at radius 2 is 1.95 bits per heavy atom. The first-order valence-electron chi connectivity index (χ1n) is 8.21. The zero-order chi connectivity index (χ0) is 16.1. The fourth-order valence-corrected chi connectivity index (χ4v) is 3.37. The number of benzene rings is 1. The van der Waals surface area contributed by atoms with Gasteiger partial charge in [0.05, 0.1) is 6.04 Å². The SMILES string of the molecule is CC1CCC(NC(=O)C(C)N(C)Cc2ccccc2Br)CC1. The van der Waals surface area contributed by atoms with Crippen molar-refractivity contribution in [1.29, 1.82) is 0 Å². The Balaban J connectivity index is 1.85. The van der Waals surface area contributed by atoms with Crippen molar-refractivity contribution in [2.75, 3.05) is 7.05 Å². The molecule has 1 amide bonds. The van der Waals surface area contributed by atoms with Gasteiger partial charge in [-0.05, 0) is 57.2 Å². The molecule has 0 aromatic heterocycles. The number of halogens is 1. The lowest BCUT2D eigenvalue weighted by Crippen LogP contribution is -2.47. The molecule has 1 aliphatic carbocycles. The predicted molar refractivity (Wildman–Crippen MR) is 94.6 cm³/mol. The lowest BCUT2D eigenvalue weighted by molar-refractivity contribution is -0.126. The zero-order valence-corrected chi connectivity index (χ0v) is 15.4. The molecule has 0 heterocycles. The number of nitrogens with one attached hydrogen (secondary N) is 1. The van der Waals surface area contributed by atoms with E-state index >= 15 is 0 Å². The van der Waals surface area contributed by atoms with Crippen molar-refractivity contribution >= 4 is 21.8 Å². The summed E-state index contributed by atoms with van der Waals surface area (Å²) in [6.45, 7) is 5.04. The molecule has 22 heavy (non-hydrogen) atoms. The van der Waals surface area contributed by atoms with E-state index in [0.717, 1.165) is 29.8 Å². The number of nitrogens with zero attached hydrogens (tertiary/aromatic N) is 1. The molecule has 122 valence electrons. The Hall–Kier alpha value is -0.870. The first-order valence-corrected chi connectivity index (χ1v) is 9.00. The van der Waals surface area contributed by atoms with Crippen molar-refractivity contribution in [3.63, 3.8) is 0 Å². The third-order valence-electron chi connectivity index (χ3n) is 4.78. The fourth-order valence-electron chi connectivity index (χ4n) is 2.96. The maximum atomic E-state index is 12.4. The molecule has 0 radical (unpaired) electrons. The minimum absolute atomic E-state index is 0.119. The van der Waals surface area contributed by atoms with Crippen LogP contribution in [0.3, 0.4) is 0 Å². The minimum Gasteiger partial charge on any atom is -0.352 e. The van der Waals surface area contributed by atoms with Crippen molar-refractivity contribution in [3.8, 4) is 0 Å². The smallest absolute Gasteiger partial charge is 0.237 e. The lowest BCUT2D eigenvalue weighted by Gasteiger charge is -2.30. The molecule has 0 spiro atoms. The van der Waals surface area contributed by atoms with Crippen LogP contribution in [0.1, 0.15) is 45.1 Å². The second-order valence-electron chi connectivity index (χ2n) is 6.65. The first-order chi connectivity index (χ1) is 10.5. The minimum atomic E-state index is -0.119. The summed E-state index contributed by atoms with van der Waals surface area (Å²) in [5.74, 6) is 0.956. The van der Waals surface area contributed by atoms with Crippen LogP contribution in [0.5, 0.6) is 0 Å². The zero-order valence-electron chi connectivity index (χ0n) is 13.8. The van der Waals surface area contributed by atoms with Crippen LogP contribution in [0, 0.1) is 5.92 Å². The summed E-state index contributed by atoms with van der Waals surface area (Å²) >= 11 is 3.57. The van der Waals surface area contributed by atoms with E-state index in [-0.39, 0.29) is 11.9 Å². The summed E-state index contributed by atoms with van der Waals surface area (Å²) in [5.41, 5.74) is 1.20. The molecule has 1 fully saturated rings. The highest BCUT2D eigenvalue weighted by molar-refractivity contribution is 9.10. The Morgan fingerprint density at radius 1 is 1.32 bits per heavy atom. The largest absolute Gasteiger partial charge is 0.352 e. The average Bonchev–Trinajstić information content (AvgIpc) is 2.51. The van der Waals surface area contributed by atoms with Crippen LogP contribution in [-0.4, -0.2) is 29.9 Å². The highest BCUT2D eigenvalue weighted by Crippen LogP contribution is 2.23. The maximum Gasteiger partial charge on any atom is 0.237 e. The second-order valence-corrected chi connectivity index (χ2v) is 7.50. The fraction of sp³-hybridized carbons (Fsp3) is 0.611. The molecular formula is C18H27BrN2O. The molecule has 0 aliphatic heterocycles. The highest BCUT2D eigenvalue weighted by atomic mass is 79.9. The van der Waals surface area contributed by atoms with Gasteiger partial charge in [0.25, 0.3) is 0 Å². The topological polar surface area (TPSA) is 32.3 Å². The van der Waals surface area contributed by atoms with E-state index in [4.69, 9.17) is 0 Å². The number of carbonyl (C=O) groups is 1. The van der Waals surface area contributed by atoms with Gasteiger partial charge in [-0.25, -0.2) is 0 Å². The number of hydrogen-bond donors (Lipinski definition) is 1. The van der Waals surface area contributed by atoms with Crippen LogP contribution in [0.2, 0.25) is 0 Å². The van der Waals surface area contributed by atoms with Crippen molar-refractivity contribution in [1.82, 2.24) is 10.2 Å². The Bertz CT molecular complexity index is 498. The maximum absolute atomic E-state index is 12.4. The number of carbonyl (C=O) groups excluding carboxylic acids is 1. The first kappa shape index (κ1) is 17.5. The molecule has 1 atom stereocenters. The molecule has 1 aromatic carbocycles. The summed E-state index contributed by atoms with van der Waals surface area (Å²) in [6.07, 6.45) is 4.69. The van der Waals surface area contributed by atoms with Crippen LogP contribution < -0.4 is 5.32 Å². The van der Waals surface area contributed by atoms with Crippen LogP contribution in [0.25, 0.3) is 0 Å². The Labute approximate surface area is 142 Å². The molecule has 0 bridgehead atoms. The van der Waals surface area contributed by atoms with Gasteiger partial charge in [0.1, 0.15) is 0 Å². The summed E-state index contributed by atoms with van der Waals surface area (Å²) in [5, 5.41) is 3.23. The second kappa shape index (κ2) is 8.11. The Kier molecular flexibility index (Phi) is 6.45. The molecule has 2 rings (SSSR count). The summed E-state index contributed by atoms with van der Waals surface area (Å²) < 4.78 is 1.09. The lowest BCUT2D eigenvalue weighted by atomic mass is 9.87. The van der Waals surface area contributed by atoms with Gasteiger partial charge < -0.3 is 5.32 Å². The van der Waals surface area contributed by atoms with Gasteiger partial charge in [0.15, 0.2) is 0 Å². The molecule has 4 heteroatoms. The molecule has 1 saturated carbocycles. The van der Waals surface area contributed by atoms with Crippen LogP contribution in [0.15, 0.2) is 28.7 Å². The van der Waals surface area contributed by atoms with Gasteiger partial charge in [-0.1, -0.05) is 41.1 Å². The standard InChI is InChI=1S/C18H27BrN2O/c1-13-8-10-16(11-9-13)20-18(22)14(2)21(3)12-15-6-4-5-7-17(15)19/h4-7,13-14,16H,8-12H2,1-3H3,(H,20,22). The van der Waals surface area contributed by atoms with Gasteiger partial charge in [-0.15, -0.1) is 0 Å². The van der Waals surface area contributed by atoms with E-state index in [2.05, 4.69) is 39.1 Å². The molecule has 0 saturated heterocycles. The third kappa shape index (κ3) is 4.82. The number of rotatable bonds is 5. The number of hydrogen-bond acceptors (Lipinski definition) is 2. The quantitative estimate of drug-likeness (QED) is 0.854. The van der Waals surface area contributed by atoms with Gasteiger partial charge in [0, 0.05) is 17.1 Å². The van der Waals surface area contributed by atoms with E-state index in [9.17, 15) is 4.79 Å². The molecule has 1 aliphatic rings. The highest BCUT2D eigenvalue weighted by Gasteiger charge is 2.24. The van der Waals surface area contributed by atoms with Gasteiger partial charge in [-0.3, -0.25) is 9.69 Å². The van der Waals surface area contributed by atoms with Crippen molar-refractivity contribution in [3.05, 3.63) is 34.3 Å². The van der Waals surface area contributed by atoms with E-state index in [1.54, 1.807) is 0 Å². The summed E-state index contributed by atoms with van der Waals surface area (Å²) in [4.78, 5) is 14.5. The van der Waals surface area contributed by atoms with E-state index < -0.39 is 0 Å². The monoisotopic (exact) mass is 366 g/mol. The van der Waals surface area contributed by atoms with Gasteiger partial charge in [-0.2, -0.15) is 0 Å². The number of likely N-dealkylation sites (N-methyl/N-ethyl adjacent to an activating group) is 1. The molecule has 1 aromatic rings.